The van der Waals surface area contributed by atoms with Crippen molar-refractivity contribution in [2.75, 3.05) is 0 Å². The summed E-state index contributed by atoms with van der Waals surface area (Å²) in [5, 5.41) is 0. The molecule has 0 aliphatic carbocycles. The Morgan fingerprint density at radius 2 is 1.65 bits per heavy atom. The molecule has 4 nitrogen and oxygen atoms in total. The van der Waals surface area contributed by atoms with Crippen LogP contribution in [0.1, 0.15) is 12.6 Å². The molecule has 130 valence electrons. The monoisotopic (exact) mass is 346 g/mol. The van der Waals surface area contributed by atoms with Gasteiger partial charge >= 0.3 is 0 Å². The number of aromatic nitrogens is 4. The lowest BCUT2D eigenvalue weighted by Crippen LogP contribution is -2.06. The van der Waals surface area contributed by atoms with E-state index >= 15 is 0 Å². The van der Waals surface area contributed by atoms with Crippen molar-refractivity contribution in [3.8, 4) is 22.5 Å². The van der Waals surface area contributed by atoms with E-state index in [2.05, 4.69) is 26.0 Å². The molecule has 0 radical (unpaired) electrons. The molecule has 4 aromatic rings. The first-order valence-corrected chi connectivity index (χ1v) is 8.61. The van der Waals surface area contributed by atoms with Crippen molar-refractivity contribution in [2.24, 2.45) is 0 Å². The molecule has 0 amide bonds. The van der Waals surface area contributed by atoms with Crippen LogP contribution < -0.4 is 0 Å². The van der Waals surface area contributed by atoms with Crippen LogP contribution in [0.15, 0.2) is 73.4 Å². The van der Waals surface area contributed by atoms with Gasteiger partial charge in [0, 0.05) is 23.9 Å². The van der Waals surface area contributed by atoms with Gasteiger partial charge in [-0.2, -0.15) is 0 Å². The summed E-state index contributed by atoms with van der Waals surface area (Å²) < 4.78 is 17.6. The molecule has 0 N–H and O–H groups in total. The third-order valence-corrected chi connectivity index (χ3v) is 4.47. The average molecular weight is 346 g/mol. The summed E-state index contributed by atoms with van der Waals surface area (Å²) in [6, 6.07) is 16.6. The van der Waals surface area contributed by atoms with Crippen molar-refractivity contribution >= 4 is 0 Å². The highest BCUT2D eigenvalue weighted by Crippen LogP contribution is 2.31. The number of rotatable bonds is 5. The number of hydrogen-bond donors (Lipinski definition) is 0. The zero-order valence-corrected chi connectivity index (χ0v) is 14.5. The van der Waals surface area contributed by atoms with Gasteiger partial charge in [0.15, 0.2) is 0 Å². The van der Waals surface area contributed by atoms with Gasteiger partial charge in [0.1, 0.15) is 5.82 Å². The van der Waals surface area contributed by atoms with E-state index in [9.17, 15) is 4.39 Å². The van der Waals surface area contributed by atoms with Gasteiger partial charge in [-0.25, -0.2) is 14.4 Å². The number of aryl methyl sites for hydroxylation is 1. The average Bonchev–Trinajstić information content (AvgIpc) is 3.30. The fourth-order valence-electron chi connectivity index (χ4n) is 3.16. The van der Waals surface area contributed by atoms with E-state index in [1.54, 1.807) is 12.1 Å². The van der Waals surface area contributed by atoms with Gasteiger partial charge in [0.2, 0.25) is 0 Å². The van der Waals surface area contributed by atoms with E-state index in [4.69, 9.17) is 0 Å². The molecule has 0 aliphatic rings. The van der Waals surface area contributed by atoms with E-state index < -0.39 is 0 Å². The van der Waals surface area contributed by atoms with Crippen molar-refractivity contribution in [1.29, 1.82) is 0 Å². The van der Waals surface area contributed by atoms with Crippen LogP contribution in [0.4, 0.5) is 4.39 Å². The third-order valence-electron chi connectivity index (χ3n) is 4.47. The number of hydrogen-bond acceptors (Lipinski definition) is 2. The molecule has 0 atom stereocenters. The van der Waals surface area contributed by atoms with Gasteiger partial charge in [-0.1, -0.05) is 30.3 Å². The molecular weight excluding hydrogens is 327 g/mol. The Morgan fingerprint density at radius 1 is 0.885 bits per heavy atom. The standard InChI is InChI=1S/C21H19FN4/c1-2-25-14-23-12-19(25)13-26-15-24-20(16-6-4-3-5-7-16)21(26)17-8-10-18(22)11-9-17/h3-12,14-15H,2,13H2,1H3. The maximum Gasteiger partial charge on any atom is 0.123 e. The third kappa shape index (κ3) is 3.04. The van der Waals surface area contributed by atoms with Crippen molar-refractivity contribution < 1.29 is 4.39 Å². The predicted molar refractivity (Wildman–Crippen MR) is 100 cm³/mol. The molecule has 2 aromatic heterocycles. The lowest BCUT2D eigenvalue weighted by molar-refractivity contribution is 0.628. The largest absolute Gasteiger partial charge is 0.333 e. The molecule has 0 saturated heterocycles. The van der Waals surface area contributed by atoms with Crippen LogP contribution in [0.25, 0.3) is 22.5 Å². The molecule has 0 fully saturated rings. The Kier molecular flexibility index (Phi) is 4.35. The van der Waals surface area contributed by atoms with E-state index in [0.29, 0.717) is 6.54 Å². The smallest absolute Gasteiger partial charge is 0.123 e. The minimum atomic E-state index is -0.245. The zero-order valence-electron chi connectivity index (χ0n) is 14.5. The fraction of sp³-hybridized carbons (Fsp3) is 0.143. The molecule has 0 saturated carbocycles. The normalized spacial score (nSPS) is 11.0. The molecule has 5 heteroatoms. The van der Waals surface area contributed by atoms with Crippen LogP contribution in [0.5, 0.6) is 0 Å². The Morgan fingerprint density at radius 3 is 2.38 bits per heavy atom. The quantitative estimate of drug-likeness (QED) is 0.528. The Labute approximate surface area is 151 Å². The summed E-state index contributed by atoms with van der Waals surface area (Å²) >= 11 is 0. The maximum atomic E-state index is 13.4. The lowest BCUT2D eigenvalue weighted by Gasteiger charge is -2.12. The summed E-state index contributed by atoms with van der Waals surface area (Å²) in [4.78, 5) is 8.91. The summed E-state index contributed by atoms with van der Waals surface area (Å²) in [5.74, 6) is -0.245. The van der Waals surface area contributed by atoms with E-state index in [1.807, 2.05) is 49.2 Å². The van der Waals surface area contributed by atoms with Crippen LogP contribution >= 0.6 is 0 Å². The van der Waals surface area contributed by atoms with Gasteiger partial charge in [0.05, 0.1) is 36.3 Å². The minimum Gasteiger partial charge on any atom is -0.333 e. The van der Waals surface area contributed by atoms with E-state index in [1.165, 1.54) is 12.1 Å². The molecule has 4 rings (SSSR count). The SMILES string of the molecule is CCn1cncc1Cn1cnc(-c2ccccc2)c1-c1ccc(F)cc1. The van der Waals surface area contributed by atoms with E-state index in [0.717, 1.165) is 34.8 Å². The van der Waals surface area contributed by atoms with Crippen LogP contribution in [-0.4, -0.2) is 19.1 Å². The first kappa shape index (κ1) is 16.3. The first-order chi connectivity index (χ1) is 12.8. The summed E-state index contributed by atoms with van der Waals surface area (Å²) in [6.07, 6.45) is 5.55. The van der Waals surface area contributed by atoms with Gasteiger partial charge in [0.25, 0.3) is 0 Å². The second-order valence-corrected chi connectivity index (χ2v) is 6.11. The van der Waals surface area contributed by atoms with Crippen molar-refractivity contribution in [3.05, 3.63) is 85.0 Å². The van der Waals surface area contributed by atoms with Crippen molar-refractivity contribution in [1.82, 2.24) is 19.1 Å². The summed E-state index contributed by atoms with van der Waals surface area (Å²) in [7, 11) is 0. The molecular formula is C21H19FN4. The van der Waals surface area contributed by atoms with Crippen LogP contribution in [0.2, 0.25) is 0 Å². The minimum absolute atomic E-state index is 0.245. The fourth-order valence-corrected chi connectivity index (χ4v) is 3.16. The second kappa shape index (κ2) is 6.96. The zero-order chi connectivity index (χ0) is 17.9. The predicted octanol–water partition coefficient (Wildman–Crippen LogP) is 4.62. The maximum absolute atomic E-state index is 13.4. The summed E-state index contributed by atoms with van der Waals surface area (Å²) in [6.45, 7) is 3.61. The molecule has 0 unspecified atom stereocenters. The molecule has 0 spiro atoms. The summed E-state index contributed by atoms with van der Waals surface area (Å²) in [5.41, 5.74) is 4.94. The van der Waals surface area contributed by atoms with Gasteiger partial charge < -0.3 is 9.13 Å². The van der Waals surface area contributed by atoms with Crippen LogP contribution in [0.3, 0.4) is 0 Å². The van der Waals surface area contributed by atoms with Crippen LogP contribution in [-0.2, 0) is 13.1 Å². The van der Waals surface area contributed by atoms with Crippen molar-refractivity contribution in [3.63, 3.8) is 0 Å². The number of nitrogens with zero attached hydrogens (tertiary/aromatic N) is 4. The molecule has 0 aliphatic heterocycles. The van der Waals surface area contributed by atoms with Gasteiger partial charge in [-0.3, -0.25) is 0 Å². The van der Waals surface area contributed by atoms with Crippen LogP contribution in [0, 0.1) is 5.82 Å². The molecule has 0 bridgehead atoms. The van der Waals surface area contributed by atoms with Crippen molar-refractivity contribution in [2.45, 2.75) is 20.0 Å². The topological polar surface area (TPSA) is 35.6 Å². The second-order valence-electron chi connectivity index (χ2n) is 6.11. The Balaban J connectivity index is 1.84. The highest BCUT2D eigenvalue weighted by Gasteiger charge is 2.16. The Hall–Kier alpha value is -3.21. The van der Waals surface area contributed by atoms with Gasteiger partial charge in [-0.05, 0) is 31.2 Å². The molecule has 2 aromatic carbocycles. The highest BCUT2D eigenvalue weighted by atomic mass is 19.1. The highest BCUT2D eigenvalue weighted by molar-refractivity contribution is 5.78. The van der Waals surface area contributed by atoms with Gasteiger partial charge in [-0.15, -0.1) is 0 Å². The number of halogens is 1. The lowest BCUT2D eigenvalue weighted by atomic mass is 10.0. The first-order valence-electron chi connectivity index (χ1n) is 8.61. The number of benzene rings is 2. The Bertz CT molecular complexity index is 1000. The molecule has 26 heavy (non-hydrogen) atoms. The van der Waals surface area contributed by atoms with E-state index in [-0.39, 0.29) is 5.82 Å². The number of imidazole rings is 2. The molecule has 2 heterocycles.